The Hall–Kier alpha value is -0.340. The second kappa shape index (κ2) is 6.72. The van der Waals surface area contributed by atoms with Gasteiger partial charge in [0.15, 0.2) is 0 Å². The number of hydrogen-bond acceptors (Lipinski definition) is 1. The molecule has 3 heteroatoms. The highest BCUT2D eigenvalue weighted by atomic mass is 35.5. The highest BCUT2D eigenvalue weighted by Crippen LogP contribution is 2.39. The molecule has 1 N–H and O–H groups in total. The molecule has 18 heavy (non-hydrogen) atoms. The summed E-state index contributed by atoms with van der Waals surface area (Å²) in [5.74, 6) is 0.218. The highest BCUT2D eigenvalue weighted by Gasteiger charge is 2.31. The molecule has 0 aromatic rings. The number of allylic oxidation sites excluding steroid dienone is 3. The molecule has 0 aromatic heterocycles. The first kappa shape index (κ1) is 15.7. The largest absolute Gasteiger partial charge is 0.319 e. The van der Waals surface area contributed by atoms with Crippen molar-refractivity contribution in [3.05, 3.63) is 22.3 Å². The zero-order valence-corrected chi connectivity index (χ0v) is 12.7. The van der Waals surface area contributed by atoms with E-state index in [1.165, 1.54) is 0 Å². The summed E-state index contributed by atoms with van der Waals surface area (Å²) in [4.78, 5) is 0. The van der Waals surface area contributed by atoms with Crippen LogP contribution in [0.3, 0.4) is 0 Å². The average Bonchev–Trinajstić information content (AvgIpc) is 2.24. The van der Waals surface area contributed by atoms with E-state index in [0.717, 1.165) is 43.4 Å². The molecule has 0 fully saturated rings. The van der Waals surface area contributed by atoms with Gasteiger partial charge in [-0.25, -0.2) is 4.39 Å². The van der Waals surface area contributed by atoms with Crippen molar-refractivity contribution in [3.8, 4) is 0 Å². The van der Waals surface area contributed by atoms with Crippen LogP contribution < -0.4 is 5.32 Å². The standard InChI is InChI=1S/C15H25ClFN/c1-11-7-5-6-8-12(9-10-18-4)14(16)13(11)15(2,3)17/h8,11,18H,5-7,9-10H2,1-4H3. The van der Waals surface area contributed by atoms with Crippen LogP contribution >= 0.6 is 11.6 Å². The molecular weight excluding hydrogens is 249 g/mol. The third kappa shape index (κ3) is 4.10. The molecule has 0 spiro atoms. The summed E-state index contributed by atoms with van der Waals surface area (Å²) in [7, 11) is 1.92. The molecule has 1 atom stereocenters. The van der Waals surface area contributed by atoms with Gasteiger partial charge in [-0.1, -0.05) is 24.6 Å². The summed E-state index contributed by atoms with van der Waals surface area (Å²) in [5.41, 5.74) is 0.525. The topological polar surface area (TPSA) is 12.0 Å². The summed E-state index contributed by atoms with van der Waals surface area (Å²) in [6.07, 6.45) is 6.20. The predicted molar refractivity (Wildman–Crippen MR) is 77.7 cm³/mol. The van der Waals surface area contributed by atoms with E-state index in [0.29, 0.717) is 5.03 Å². The second-order valence-electron chi connectivity index (χ2n) is 5.61. The number of nitrogens with one attached hydrogen (secondary N) is 1. The van der Waals surface area contributed by atoms with Gasteiger partial charge < -0.3 is 5.32 Å². The second-order valence-corrected chi connectivity index (χ2v) is 5.99. The van der Waals surface area contributed by atoms with Crippen LogP contribution in [0.4, 0.5) is 4.39 Å². The third-order valence-corrected chi connectivity index (χ3v) is 3.97. The molecular formula is C15H25ClFN. The molecule has 1 aliphatic rings. The van der Waals surface area contributed by atoms with Crippen molar-refractivity contribution in [1.82, 2.24) is 5.32 Å². The van der Waals surface area contributed by atoms with E-state index in [4.69, 9.17) is 11.6 Å². The lowest BCUT2D eigenvalue weighted by Crippen LogP contribution is -2.24. The fourth-order valence-corrected chi connectivity index (χ4v) is 3.22. The van der Waals surface area contributed by atoms with Gasteiger partial charge in [-0.15, -0.1) is 0 Å². The Kier molecular flexibility index (Phi) is 5.87. The number of alkyl halides is 1. The Morgan fingerprint density at radius 3 is 2.72 bits per heavy atom. The van der Waals surface area contributed by atoms with Crippen molar-refractivity contribution < 1.29 is 4.39 Å². The zero-order valence-electron chi connectivity index (χ0n) is 11.9. The van der Waals surface area contributed by atoms with Crippen molar-refractivity contribution in [2.45, 2.75) is 52.1 Å². The first-order valence-electron chi connectivity index (χ1n) is 6.81. The maximum atomic E-state index is 14.4. The van der Waals surface area contributed by atoms with Gasteiger partial charge in [0.25, 0.3) is 0 Å². The molecule has 0 saturated carbocycles. The molecule has 1 rings (SSSR count). The van der Waals surface area contributed by atoms with E-state index in [2.05, 4.69) is 18.3 Å². The van der Waals surface area contributed by atoms with E-state index in [-0.39, 0.29) is 5.92 Å². The van der Waals surface area contributed by atoms with Crippen LogP contribution in [0, 0.1) is 5.92 Å². The van der Waals surface area contributed by atoms with Crippen molar-refractivity contribution in [2.24, 2.45) is 5.92 Å². The number of halogens is 2. The number of rotatable bonds is 4. The molecule has 0 heterocycles. The minimum Gasteiger partial charge on any atom is -0.319 e. The van der Waals surface area contributed by atoms with E-state index in [9.17, 15) is 4.39 Å². The van der Waals surface area contributed by atoms with Crippen LogP contribution in [-0.2, 0) is 0 Å². The van der Waals surface area contributed by atoms with Crippen molar-refractivity contribution in [2.75, 3.05) is 13.6 Å². The molecule has 0 aromatic carbocycles. The molecule has 0 bridgehead atoms. The lowest BCUT2D eigenvalue weighted by Gasteiger charge is -2.29. The maximum Gasteiger partial charge on any atom is 0.128 e. The van der Waals surface area contributed by atoms with Gasteiger partial charge in [-0.3, -0.25) is 0 Å². The van der Waals surface area contributed by atoms with Crippen molar-refractivity contribution in [1.29, 1.82) is 0 Å². The van der Waals surface area contributed by atoms with Crippen LogP contribution in [0.2, 0.25) is 0 Å². The lowest BCUT2D eigenvalue weighted by molar-refractivity contribution is 0.243. The number of hydrogen-bond donors (Lipinski definition) is 1. The molecule has 0 amide bonds. The molecule has 1 aliphatic carbocycles. The fraction of sp³-hybridized carbons (Fsp3) is 0.733. The van der Waals surface area contributed by atoms with Gasteiger partial charge in [0, 0.05) is 5.03 Å². The molecule has 0 saturated heterocycles. The Labute approximate surface area is 115 Å². The van der Waals surface area contributed by atoms with Gasteiger partial charge in [0.05, 0.1) is 0 Å². The van der Waals surface area contributed by atoms with E-state index in [1.807, 2.05) is 7.05 Å². The van der Waals surface area contributed by atoms with Crippen LogP contribution in [0.25, 0.3) is 0 Å². The highest BCUT2D eigenvalue weighted by molar-refractivity contribution is 6.32. The van der Waals surface area contributed by atoms with Gasteiger partial charge in [0.1, 0.15) is 5.67 Å². The SMILES string of the molecule is CNCCC1=CCCCC(C)C(C(C)(C)F)=C1Cl. The monoisotopic (exact) mass is 273 g/mol. The van der Waals surface area contributed by atoms with Crippen molar-refractivity contribution in [3.63, 3.8) is 0 Å². The van der Waals surface area contributed by atoms with Gasteiger partial charge in [-0.2, -0.15) is 0 Å². The smallest absolute Gasteiger partial charge is 0.128 e. The molecule has 0 radical (unpaired) electrons. The van der Waals surface area contributed by atoms with E-state index in [1.54, 1.807) is 13.8 Å². The summed E-state index contributed by atoms with van der Waals surface area (Å²) in [6.45, 7) is 6.17. The minimum atomic E-state index is -1.34. The Morgan fingerprint density at radius 2 is 2.17 bits per heavy atom. The van der Waals surface area contributed by atoms with Crippen LogP contribution in [0.1, 0.15) is 46.5 Å². The van der Waals surface area contributed by atoms with Crippen molar-refractivity contribution >= 4 is 11.6 Å². The maximum absolute atomic E-state index is 14.4. The van der Waals surface area contributed by atoms with E-state index < -0.39 is 5.67 Å². The normalized spacial score (nSPS) is 22.6. The summed E-state index contributed by atoms with van der Waals surface area (Å²) in [6, 6.07) is 0. The zero-order chi connectivity index (χ0) is 13.8. The lowest BCUT2D eigenvalue weighted by atomic mass is 9.82. The summed E-state index contributed by atoms with van der Waals surface area (Å²) >= 11 is 6.48. The Bertz CT molecular complexity index is 339. The Balaban J connectivity index is 3.12. The predicted octanol–water partition coefficient (Wildman–Crippen LogP) is 4.58. The quantitative estimate of drug-likeness (QED) is 0.790. The van der Waals surface area contributed by atoms with Crippen LogP contribution in [0.15, 0.2) is 22.3 Å². The first-order chi connectivity index (χ1) is 8.38. The molecule has 1 nitrogen and oxygen atoms in total. The Morgan fingerprint density at radius 1 is 1.50 bits per heavy atom. The van der Waals surface area contributed by atoms with Crippen LogP contribution in [0.5, 0.6) is 0 Å². The van der Waals surface area contributed by atoms with Gasteiger partial charge >= 0.3 is 0 Å². The molecule has 0 aliphatic heterocycles. The molecule has 104 valence electrons. The van der Waals surface area contributed by atoms with Crippen LogP contribution in [-0.4, -0.2) is 19.3 Å². The summed E-state index contributed by atoms with van der Waals surface area (Å²) < 4.78 is 14.4. The average molecular weight is 274 g/mol. The minimum absolute atomic E-state index is 0.218. The summed E-state index contributed by atoms with van der Waals surface area (Å²) in [5, 5.41) is 3.78. The van der Waals surface area contributed by atoms with Gasteiger partial charge in [-0.05, 0) is 70.2 Å². The first-order valence-corrected chi connectivity index (χ1v) is 7.18. The third-order valence-electron chi connectivity index (χ3n) is 3.53. The molecule has 1 unspecified atom stereocenters. The fourth-order valence-electron chi connectivity index (χ4n) is 2.64. The van der Waals surface area contributed by atoms with Gasteiger partial charge in [0.2, 0.25) is 0 Å². The van der Waals surface area contributed by atoms with E-state index >= 15 is 0 Å².